The Morgan fingerprint density at radius 2 is 2.42 bits per heavy atom. The molecule has 2 nitrogen and oxygen atoms in total. The van der Waals surface area contributed by atoms with E-state index in [0.29, 0.717) is 0 Å². The van der Waals surface area contributed by atoms with Crippen molar-refractivity contribution in [2.24, 2.45) is 0 Å². The van der Waals surface area contributed by atoms with Crippen molar-refractivity contribution in [1.82, 2.24) is 4.98 Å². The Kier molecular flexibility index (Phi) is 1.66. The fourth-order valence-corrected chi connectivity index (χ4v) is 2.09. The molecule has 0 N–H and O–H groups in total. The van der Waals surface area contributed by atoms with Gasteiger partial charge >= 0.3 is 0 Å². The molecule has 0 saturated carbocycles. The number of thiophene rings is 1. The molecule has 0 amide bonds. The molecule has 2 rings (SSSR count). The summed E-state index contributed by atoms with van der Waals surface area (Å²) in [7, 11) is 0. The average Bonchev–Trinajstić information content (AvgIpc) is 2.49. The number of aryl methyl sites for hydroxylation is 1. The molecule has 0 fully saturated rings. The molecular weight excluding hydrogens is 170 g/mol. The number of aromatic nitrogens is 1. The molecule has 12 heavy (non-hydrogen) atoms. The van der Waals surface area contributed by atoms with E-state index in [2.05, 4.69) is 4.98 Å². The summed E-state index contributed by atoms with van der Waals surface area (Å²) < 4.78 is 1.11. The summed E-state index contributed by atoms with van der Waals surface area (Å²) in [6.07, 6.45) is 2.64. The van der Waals surface area contributed by atoms with Crippen molar-refractivity contribution in [2.45, 2.75) is 6.92 Å². The molecule has 2 aromatic rings. The summed E-state index contributed by atoms with van der Waals surface area (Å²) in [6, 6.07) is 3.81. The van der Waals surface area contributed by atoms with Crippen molar-refractivity contribution >= 4 is 27.7 Å². The third-order valence-electron chi connectivity index (χ3n) is 1.75. The van der Waals surface area contributed by atoms with Crippen LogP contribution in [0.2, 0.25) is 0 Å². The third-order valence-corrected chi connectivity index (χ3v) is 2.93. The average molecular weight is 177 g/mol. The largest absolute Gasteiger partial charge is 0.297 e. The molecule has 2 heterocycles. The Labute approximate surface area is 73.9 Å². The zero-order valence-electron chi connectivity index (χ0n) is 6.57. The first-order chi connectivity index (χ1) is 5.81. The van der Waals surface area contributed by atoms with Crippen LogP contribution in [-0.4, -0.2) is 11.3 Å². The first kappa shape index (κ1) is 7.43. The number of nitrogens with zero attached hydrogens (tertiary/aromatic N) is 1. The smallest absolute Gasteiger partial charge is 0.160 e. The number of aldehydes is 1. The van der Waals surface area contributed by atoms with E-state index in [1.165, 1.54) is 11.3 Å². The molecule has 0 atom stereocenters. The van der Waals surface area contributed by atoms with Crippen LogP contribution >= 0.6 is 11.3 Å². The van der Waals surface area contributed by atoms with Gasteiger partial charge in [0.05, 0.1) is 15.3 Å². The molecule has 0 saturated heterocycles. The van der Waals surface area contributed by atoms with E-state index in [9.17, 15) is 4.79 Å². The molecule has 0 bridgehead atoms. The van der Waals surface area contributed by atoms with Gasteiger partial charge < -0.3 is 0 Å². The molecular formula is C9H7NOS. The summed E-state index contributed by atoms with van der Waals surface area (Å²) in [6.45, 7) is 1.95. The first-order valence-corrected chi connectivity index (χ1v) is 4.43. The van der Waals surface area contributed by atoms with Crippen molar-refractivity contribution in [3.8, 4) is 0 Å². The van der Waals surface area contributed by atoms with E-state index < -0.39 is 0 Å². The fraction of sp³-hybridized carbons (Fsp3) is 0.111. The lowest BCUT2D eigenvalue weighted by molar-refractivity contribution is 0.112. The van der Waals surface area contributed by atoms with Crippen molar-refractivity contribution in [2.75, 3.05) is 0 Å². The number of pyridine rings is 1. The highest BCUT2D eigenvalue weighted by atomic mass is 32.1. The molecule has 0 aliphatic heterocycles. The highest BCUT2D eigenvalue weighted by Gasteiger charge is 2.02. The molecule has 0 aliphatic carbocycles. The minimum Gasteiger partial charge on any atom is -0.297 e. The van der Waals surface area contributed by atoms with Crippen LogP contribution in [-0.2, 0) is 0 Å². The number of carbonyl (C=O) groups excluding carboxylic acids is 1. The SMILES string of the molecule is Cc1nccc2cc(C=O)sc12. The molecule has 60 valence electrons. The maximum absolute atomic E-state index is 10.5. The Morgan fingerprint density at radius 1 is 1.58 bits per heavy atom. The van der Waals surface area contributed by atoms with Crippen molar-refractivity contribution < 1.29 is 4.79 Å². The van der Waals surface area contributed by atoms with Crippen molar-refractivity contribution in [3.05, 3.63) is 28.9 Å². The topological polar surface area (TPSA) is 30.0 Å². The van der Waals surface area contributed by atoms with Crippen LogP contribution in [0.4, 0.5) is 0 Å². The number of hydrogen-bond donors (Lipinski definition) is 0. The van der Waals surface area contributed by atoms with Gasteiger partial charge in [-0.2, -0.15) is 0 Å². The van der Waals surface area contributed by atoms with E-state index in [1.54, 1.807) is 6.20 Å². The van der Waals surface area contributed by atoms with Crippen LogP contribution in [0.3, 0.4) is 0 Å². The zero-order valence-corrected chi connectivity index (χ0v) is 7.39. The lowest BCUT2D eigenvalue weighted by Gasteiger charge is -1.90. The number of fused-ring (bicyclic) bond motifs is 1. The number of rotatable bonds is 1. The van der Waals surface area contributed by atoms with E-state index in [-0.39, 0.29) is 0 Å². The highest BCUT2D eigenvalue weighted by Crippen LogP contribution is 2.25. The van der Waals surface area contributed by atoms with E-state index in [4.69, 9.17) is 0 Å². The van der Waals surface area contributed by atoms with Crippen LogP contribution in [0, 0.1) is 6.92 Å². The van der Waals surface area contributed by atoms with Crippen LogP contribution < -0.4 is 0 Å². The molecule has 0 aliphatic rings. The van der Waals surface area contributed by atoms with Gasteiger partial charge in [0.15, 0.2) is 6.29 Å². The predicted octanol–water partition coefficient (Wildman–Crippen LogP) is 2.42. The van der Waals surface area contributed by atoms with Gasteiger partial charge in [-0.1, -0.05) is 0 Å². The summed E-state index contributed by atoms with van der Waals surface area (Å²) in [5, 5.41) is 1.11. The van der Waals surface area contributed by atoms with Crippen molar-refractivity contribution in [1.29, 1.82) is 0 Å². The Morgan fingerprint density at radius 3 is 3.08 bits per heavy atom. The fourth-order valence-electron chi connectivity index (χ4n) is 1.18. The first-order valence-electron chi connectivity index (χ1n) is 3.61. The maximum atomic E-state index is 10.5. The highest BCUT2D eigenvalue weighted by molar-refractivity contribution is 7.20. The quantitative estimate of drug-likeness (QED) is 0.626. The molecule has 0 aromatic carbocycles. The van der Waals surface area contributed by atoms with E-state index in [0.717, 1.165) is 26.9 Å². The van der Waals surface area contributed by atoms with Gasteiger partial charge in [0, 0.05) is 6.20 Å². The molecule has 2 aromatic heterocycles. The monoisotopic (exact) mass is 177 g/mol. The summed E-state index contributed by atoms with van der Waals surface area (Å²) in [5.74, 6) is 0. The van der Waals surface area contributed by atoms with E-state index in [1.807, 2.05) is 19.1 Å². The van der Waals surface area contributed by atoms with Gasteiger partial charge in [0.2, 0.25) is 0 Å². The zero-order chi connectivity index (χ0) is 8.55. The summed E-state index contributed by atoms with van der Waals surface area (Å²) >= 11 is 1.49. The molecule has 0 spiro atoms. The minimum atomic E-state index is 0.765. The van der Waals surface area contributed by atoms with E-state index >= 15 is 0 Å². The van der Waals surface area contributed by atoms with Gasteiger partial charge in [-0.25, -0.2) is 0 Å². The molecule has 0 unspecified atom stereocenters. The predicted molar refractivity (Wildman–Crippen MR) is 49.7 cm³/mol. The maximum Gasteiger partial charge on any atom is 0.160 e. The van der Waals surface area contributed by atoms with Crippen LogP contribution in [0.1, 0.15) is 15.4 Å². The minimum absolute atomic E-state index is 0.765. The number of carbonyl (C=O) groups is 1. The standard InChI is InChI=1S/C9H7NOS/c1-6-9-7(2-3-10-6)4-8(5-11)12-9/h2-5H,1H3. The molecule has 0 radical (unpaired) electrons. The third kappa shape index (κ3) is 1.02. The van der Waals surface area contributed by atoms with Gasteiger partial charge in [-0.05, 0) is 24.4 Å². The van der Waals surface area contributed by atoms with Gasteiger partial charge in [-0.3, -0.25) is 9.78 Å². The Bertz CT molecular complexity index is 433. The Balaban J connectivity index is 2.82. The van der Waals surface area contributed by atoms with Gasteiger partial charge in [0.1, 0.15) is 0 Å². The lowest BCUT2D eigenvalue weighted by atomic mass is 10.3. The summed E-state index contributed by atoms with van der Waals surface area (Å²) in [4.78, 5) is 15.4. The second-order valence-corrected chi connectivity index (χ2v) is 3.67. The van der Waals surface area contributed by atoms with Crippen LogP contribution in [0.15, 0.2) is 18.3 Å². The molecule has 3 heteroatoms. The second kappa shape index (κ2) is 2.68. The van der Waals surface area contributed by atoms with Crippen molar-refractivity contribution in [3.63, 3.8) is 0 Å². The lowest BCUT2D eigenvalue weighted by Crippen LogP contribution is -1.76. The second-order valence-electron chi connectivity index (χ2n) is 2.58. The Hall–Kier alpha value is -1.22. The van der Waals surface area contributed by atoms with Crippen LogP contribution in [0.5, 0.6) is 0 Å². The van der Waals surface area contributed by atoms with Gasteiger partial charge in [0.25, 0.3) is 0 Å². The number of hydrogen-bond acceptors (Lipinski definition) is 3. The van der Waals surface area contributed by atoms with Crippen LogP contribution in [0.25, 0.3) is 10.1 Å². The van der Waals surface area contributed by atoms with Gasteiger partial charge in [-0.15, -0.1) is 11.3 Å². The normalized spacial score (nSPS) is 10.4. The summed E-state index contributed by atoms with van der Waals surface area (Å²) in [5.41, 5.74) is 0.991.